The molecule has 7 heteroatoms. The van der Waals surface area contributed by atoms with E-state index in [-0.39, 0.29) is 27.9 Å². The molecule has 0 spiro atoms. The molecule has 112 valence electrons. The quantitative estimate of drug-likeness (QED) is 0.644. The minimum atomic E-state index is -0.486. The van der Waals surface area contributed by atoms with E-state index in [0.717, 1.165) is 25.7 Å². The maximum absolute atomic E-state index is 12.4. The van der Waals surface area contributed by atoms with E-state index in [1.54, 1.807) is 0 Å². The molecule has 1 amide bonds. The van der Waals surface area contributed by atoms with E-state index in [1.807, 2.05) is 0 Å². The van der Waals surface area contributed by atoms with Gasteiger partial charge < -0.3 is 10.4 Å². The highest BCUT2D eigenvalue weighted by molar-refractivity contribution is 6.34. The number of amides is 1. The lowest BCUT2D eigenvalue weighted by Crippen LogP contribution is -2.48. The highest BCUT2D eigenvalue weighted by atomic mass is 35.5. The number of nitrogens with zero attached hydrogens (tertiary/aromatic N) is 2. The van der Waals surface area contributed by atoms with Gasteiger partial charge in [0.25, 0.3) is 5.91 Å². The zero-order valence-electron chi connectivity index (χ0n) is 11.2. The molecule has 0 radical (unpaired) electrons. The molecule has 1 aromatic heterocycles. The molecule has 21 heavy (non-hydrogen) atoms. The van der Waals surface area contributed by atoms with E-state index < -0.39 is 5.60 Å². The minimum absolute atomic E-state index is 0.0253. The second-order valence-corrected chi connectivity index (χ2v) is 7.30. The van der Waals surface area contributed by atoms with Gasteiger partial charge in [0.05, 0.1) is 11.2 Å². The van der Waals surface area contributed by atoms with E-state index in [4.69, 9.17) is 23.2 Å². The first-order valence-corrected chi connectivity index (χ1v) is 7.92. The molecule has 4 saturated carbocycles. The van der Waals surface area contributed by atoms with Gasteiger partial charge in [-0.25, -0.2) is 9.97 Å². The van der Waals surface area contributed by atoms with Crippen molar-refractivity contribution in [3.05, 3.63) is 22.2 Å². The average Bonchev–Trinajstić information content (AvgIpc) is 2.76. The molecule has 1 aromatic rings. The first kappa shape index (κ1) is 13.7. The Morgan fingerprint density at radius 2 is 2.10 bits per heavy atom. The average molecular weight is 328 g/mol. The number of carbonyl (C=O) groups is 1. The molecule has 4 bridgehead atoms. The predicted octanol–water partition coefficient (Wildman–Crippen LogP) is 2.06. The van der Waals surface area contributed by atoms with Crippen LogP contribution in [0.5, 0.6) is 0 Å². The molecule has 5 rings (SSSR count). The molecule has 0 aromatic carbocycles. The largest absolute Gasteiger partial charge is 0.390 e. The number of halogens is 2. The second kappa shape index (κ2) is 4.54. The maximum atomic E-state index is 12.4. The van der Waals surface area contributed by atoms with Crippen molar-refractivity contribution in [1.82, 2.24) is 15.3 Å². The van der Waals surface area contributed by atoms with Crippen molar-refractivity contribution >= 4 is 29.1 Å². The van der Waals surface area contributed by atoms with Gasteiger partial charge in [0.15, 0.2) is 0 Å². The lowest BCUT2D eigenvalue weighted by molar-refractivity contribution is -0.0192. The van der Waals surface area contributed by atoms with Crippen molar-refractivity contribution in [1.29, 1.82) is 0 Å². The smallest absolute Gasteiger partial charge is 0.256 e. The Bertz CT molecular complexity index is 622. The van der Waals surface area contributed by atoms with Crippen LogP contribution in [-0.4, -0.2) is 32.6 Å². The molecule has 0 aliphatic heterocycles. The van der Waals surface area contributed by atoms with E-state index in [1.165, 1.54) is 6.20 Å². The van der Waals surface area contributed by atoms with Gasteiger partial charge in [0.1, 0.15) is 5.15 Å². The SMILES string of the molecule is O=C(N[C@@H]1[C@@H]2CC3C[C@@](O)(C2)C[C@H]31)c1cnc(Cl)nc1Cl. The van der Waals surface area contributed by atoms with Crippen LogP contribution in [-0.2, 0) is 0 Å². The number of aliphatic hydroxyl groups is 1. The predicted molar refractivity (Wildman–Crippen MR) is 77.2 cm³/mol. The third-order valence-corrected chi connectivity index (χ3v) is 5.81. The summed E-state index contributed by atoms with van der Waals surface area (Å²) in [5.74, 6) is 1.02. The highest BCUT2D eigenvalue weighted by Gasteiger charge is 2.60. The monoisotopic (exact) mass is 327 g/mol. The number of hydrogen-bond donors (Lipinski definition) is 2. The standard InChI is InChI=1S/C14H15Cl2N3O2/c15-11-9(5-17-13(16)19-11)12(20)18-10-7-1-6-2-14(21,3-7)4-8(6)10/h5-8,10,21H,1-4H2,(H,18,20)/t6?,7-,8-,10-,14-/m1/s1. The van der Waals surface area contributed by atoms with Crippen LogP contribution in [0.2, 0.25) is 10.4 Å². The van der Waals surface area contributed by atoms with E-state index in [9.17, 15) is 9.90 Å². The molecule has 4 aliphatic rings. The van der Waals surface area contributed by atoms with Gasteiger partial charge in [-0.1, -0.05) is 11.6 Å². The van der Waals surface area contributed by atoms with Crippen molar-refractivity contribution in [3.63, 3.8) is 0 Å². The third-order valence-electron chi connectivity index (χ3n) is 5.34. The fraction of sp³-hybridized carbons (Fsp3) is 0.643. The van der Waals surface area contributed by atoms with Crippen molar-refractivity contribution < 1.29 is 9.90 Å². The van der Waals surface area contributed by atoms with Crippen LogP contribution >= 0.6 is 23.2 Å². The summed E-state index contributed by atoms with van der Waals surface area (Å²) in [5.41, 5.74) is -0.238. The van der Waals surface area contributed by atoms with Gasteiger partial charge in [0.2, 0.25) is 5.28 Å². The van der Waals surface area contributed by atoms with E-state index in [0.29, 0.717) is 17.8 Å². The zero-order chi connectivity index (χ0) is 14.8. The summed E-state index contributed by atoms with van der Waals surface area (Å²) in [5, 5.41) is 13.6. The van der Waals surface area contributed by atoms with Crippen molar-refractivity contribution in [2.45, 2.75) is 37.3 Å². The normalized spacial score (nSPS) is 39.8. The van der Waals surface area contributed by atoms with Gasteiger partial charge in [-0.15, -0.1) is 0 Å². The summed E-state index contributed by atoms with van der Waals surface area (Å²) >= 11 is 11.6. The number of carbonyl (C=O) groups excluding carboxylic acids is 1. The Morgan fingerprint density at radius 3 is 2.81 bits per heavy atom. The lowest BCUT2D eigenvalue weighted by Gasteiger charge is -2.38. The number of hydrogen-bond acceptors (Lipinski definition) is 4. The molecular formula is C14H15Cl2N3O2. The van der Waals surface area contributed by atoms with Gasteiger partial charge >= 0.3 is 0 Å². The van der Waals surface area contributed by atoms with Crippen LogP contribution in [0.4, 0.5) is 0 Å². The fourth-order valence-corrected chi connectivity index (χ4v) is 5.10. The molecule has 0 saturated heterocycles. The van der Waals surface area contributed by atoms with Crippen molar-refractivity contribution in [2.24, 2.45) is 17.8 Å². The van der Waals surface area contributed by atoms with Gasteiger partial charge in [-0.05, 0) is 55.0 Å². The Kier molecular flexibility index (Phi) is 2.97. The Hall–Kier alpha value is -0.910. The Balaban J connectivity index is 1.53. The molecule has 1 heterocycles. The summed E-state index contributed by atoms with van der Waals surface area (Å²) in [6.45, 7) is 0. The zero-order valence-corrected chi connectivity index (χ0v) is 12.7. The summed E-state index contributed by atoms with van der Waals surface area (Å²) < 4.78 is 0. The van der Waals surface area contributed by atoms with Gasteiger partial charge in [-0.3, -0.25) is 4.79 Å². The van der Waals surface area contributed by atoms with Crippen LogP contribution in [0, 0.1) is 17.8 Å². The van der Waals surface area contributed by atoms with Gasteiger partial charge in [0, 0.05) is 12.2 Å². The molecule has 5 nitrogen and oxygen atoms in total. The molecule has 2 N–H and O–H groups in total. The molecule has 4 aliphatic carbocycles. The fourth-order valence-electron chi connectivity index (χ4n) is 4.70. The third kappa shape index (κ3) is 2.14. The van der Waals surface area contributed by atoms with E-state index >= 15 is 0 Å². The molecule has 5 atom stereocenters. The molecular weight excluding hydrogens is 313 g/mol. The van der Waals surface area contributed by atoms with Crippen LogP contribution in [0.1, 0.15) is 36.0 Å². The Labute approximate surface area is 132 Å². The van der Waals surface area contributed by atoms with Crippen LogP contribution in [0.15, 0.2) is 6.20 Å². The highest BCUT2D eigenvalue weighted by Crippen LogP contribution is 2.59. The van der Waals surface area contributed by atoms with Crippen molar-refractivity contribution in [2.75, 3.05) is 0 Å². The van der Waals surface area contributed by atoms with Gasteiger partial charge in [-0.2, -0.15) is 0 Å². The summed E-state index contributed by atoms with van der Waals surface area (Å²) in [6.07, 6.45) is 4.92. The summed E-state index contributed by atoms with van der Waals surface area (Å²) in [4.78, 5) is 20.0. The Morgan fingerprint density at radius 1 is 1.33 bits per heavy atom. The topological polar surface area (TPSA) is 75.1 Å². The van der Waals surface area contributed by atoms with Crippen LogP contribution in [0.3, 0.4) is 0 Å². The van der Waals surface area contributed by atoms with Crippen molar-refractivity contribution in [3.8, 4) is 0 Å². The number of nitrogens with one attached hydrogen (secondary N) is 1. The van der Waals surface area contributed by atoms with Crippen LogP contribution in [0.25, 0.3) is 0 Å². The van der Waals surface area contributed by atoms with E-state index in [2.05, 4.69) is 15.3 Å². The number of rotatable bonds is 2. The summed E-state index contributed by atoms with van der Waals surface area (Å²) in [7, 11) is 0. The number of aromatic nitrogens is 2. The maximum Gasteiger partial charge on any atom is 0.256 e. The molecule has 1 unspecified atom stereocenters. The minimum Gasteiger partial charge on any atom is -0.390 e. The summed E-state index contributed by atoms with van der Waals surface area (Å²) in [6, 6.07) is 0.122. The second-order valence-electron chi connectivity index (χ2n) is 6.60. The first-order chi connectivity index (χ1) is 9.95. The first-order valence-electron chi connectivity index (χ1n) is 7.16. The molecule has 4 fully saturated rings. The van der Waals surface area contributed by atoms with Crippen LogP contribution < -0.4 is 5.32 Å². The lowest BCUT2D eigenvalue weighted by atomic mass is 9.76.